The number of hydrogen-bond donors (Lipinski definition) is 0. The van der Waals surface area contributed by atoms with E-state index in [1.54, 1.807) is 5.57 Å². The third-order valence-corrected chi connectivity index (χ3v) is 8.29. The van der Waals surface area contributed by atoms with Crippen molar-refractivity contribution in [3.05, 3.63) is 11.1 Å². The molecule has 0 spiro atoms. The Hall–Kier alpha value is -0.590. The van der Waals surface area contributed by atoms with Crippen LogP contribution in [0.4, 0.5) is 0 Å². The van der Waals surface area contributed by atoms with E-state index in [-0.39, 0.29) is 0 Å². The molecule has 0 aliphatic heterocycles. The SMILES string of the molecule is O=C1C2CC3CC(C2)C(=C2C4CC5CC(C4)CC2C5)C1C3. The molecule has 0 N–H and O–H groups in total. The van der Waals surface area contributed by atoms with Gasteiger partial charge in [0.15, 0.2) is 0 Å². The molecule has 8 bridgehead atoms. The van der Waals surface area contributed by atoms with Crippen LogP contribution < -0.4 is 0 Å². The summed E-state index contributed by atoms with van der Waals surface area (Å²) < 4.78 is 0. The second-order valence-electron chi connectivity index (χ2n) is 9.37. The molecule has 8 rings (SSSR count). The van der Waals surface area contributed by atoms with Crippen LogP contribution in [0.5, 0.6) is 0 Å². The van der Waals surface area contributed by atoms with Gasteiger partial charge in [0, 0.05) is 11.8 Å². The van der Waals surface area contributed by atoms with Gasteiger partial charge in [0.05, 0.1) is 0 Å². The number of Topliss-reactive ketones (excluding diaryl/α,β-unsaturated/α-hetero) is 1. The number of rotatable bonds is 0. The molecule has 0 aromatic heterocycles. The molecular formula is C20H26O. The van der Waals surface area contributed by atoms with E-state index >= 15 is 0 Å². The van der Waals surface area contributed by atoms with Crippen LogP contribution in [0.25, 0.3) is 0 Å². The number of allylic oxidation sites excluding steroid dienone is 2. The van der Waals surface area contributed by atoms with Crippen LogP contribution in [0.1, 0.15) is 57.8 Å². The van der Waals surface area contributed by atoms with Crippen LogP contribution in [-0.4, -0.2) is 5.78 Å². The van der Waals surface area contributed by atoms with E-state index in [2.05, 4.69) is 0 Å². The quantitative estimate of drug-likeness (QED) is 0.603. The van der Waals surface area contributed by atoms with Crippen molar-refractivity contribution in [1.82, 2.24) is 0 Å². The Morgan fingerprint density at radius 3 is 1.71 bits per heavy atom. The van der Waals surface area contributed by atoms with Crippen molar-refractivity contribution < 1.29 is 4.79 Å². The highest BCUT2D eigenvalue weighted by atomic mass is 16.1. The van der Waals surface area contributed by atoms with Gasteiger partial charge < -0.3 is 0 Å². The Morgan fingerprint density at radius 2 is 1.05 bits per heavy atom. The second-order valence-corrected chi connectivity index (χ2v) is 9.37. The van der Waals surface area contributed by atoms with Crippen LogP contribution in [0, 0.1) is 47.3 Å². The molecular weight excluding hydrogens is 256 g/mol. The number of carbonyl (C=O) groups excluding carboxylic acids is 1. The minimum atomic E-state index is 0.397. The molecule has 0 heterocycles. The highest BCUT2D eigenvalue weighted by Gasteiger charge is 2.54. The molecule has 0 aromatic rings. The minimum absolute atomic E-state index is 0.397. The fourth-order valence-electron chi connectivity index (χ4n) is 8.01. The Bertz CT molecular complexity index is 526. The summed E-state index contributed by atoms with van der Waals surface area (Å²) in [6.45, 7) is 0. The van der Waals surface area contributed by atoms with Gasteiger partial charge in [-0.15, -0.1) is 0 Å². The molecule has 8 aliphatic carbocycles. The fourth-order valence-corrected chi connectivity index (χ4v) is 8.01. The van der Waals surface area contributed by atoms with E-state index in [0.29, 0.717) is 17.6 Å². The average molecular weight is 282 g/mol. The van der Waals surface area contributed by atoms with Crippen molar-refractivity contribution in [3.8, 4) is 0 Å². The van der Waals surface area contributed by atoms with Gasteiger partial charge in [0.2, 0.25) is 0 Å². The molecule has 0 radical (unpaired) electrons. The van der Waals surface area contributed by atoms with Gasteiger partial charge in [-0.25, -0.2) is 0 Å². The lowest BCUT2D eigenvalue weighted by atomic mass is 9.48. The van der Waals surface area contributed by atoms with Crippen molar-refractivity contribution in [2.45, 2.75) is 57.8 Å². The standard InChI is InChI=1S/C20H26O/c21-20-16-7-12-6-15(9-16)19(17(20)8-12)18-13-2-10-1-11(4-13)5-14(18)3-10/h10-17H,1-9H2. The Balaban J connectivity index is 1.48. The van der Waals surface area contributed by atoms with Gasteiger partial charge in [-0.3, -0.25) is 4.79 Å². The van der Waals surface area contributed by atoms with Crippen molar-refractivity contribution in [2.75, 3.05) is 0 Å². The van der Waals surface area contributed by atoms with E-state index in [1.165, 1.54) is 57.8 Å². The topological polar surface area (TPSA) is 17.1 Å². The smallest absolute Gasteiger partial charge is 0.143 e. The summed E-state index contributed by atoms with van der Waals surface area (Å²) in [5.74, 6) is 7.16. The number of ketones is 1. The molecule has 8 saturated carbocycles. The summed E-state index contributed by atoms with van der Waals surface area (Å²) in [5.41, 5.74) is 3.63. The molecule has 21 heavy (non-hydrogen) atoms. The maximum absolute atomic E-state index is 12.8. The zero-order chi connectivity index (χ0) is 13.7. The van der Waals surface area contributed by atoms with Crippen LogP contribution in [0.15, 0.2) is 11.1 Å². The molecule has 4 unspecified atom stereocenters. The minimum Gasteiger partial charge on any atom is -0.299 e. The Kier molecular flexibility index (Phi) is 2.18. The first-order valence-corrected chi connectivity index (χ1v) is 9.53. The van der Waals surface area contributed by atoms with Crippen LogP contribution in [-0.2, 0) is 4.79 Å². The van der Waals surface area contributed by atoms with Crippen LogP contribution >= 0.6 is 0 Å². The predicted octanol–water partition coefficient (Wildman–Crippen LogP) is 4.37. The third kappa shape index (κ3) is 1.46. The first-order valence-electron chi connectivity index (χ1n) is 9.53. The van der Waals surface area contributed by atoms with Gasteiger partial charge in [-0.2, -0.15) is 0 Å². The molecule has 4 atom stereocenters. The first kappa shape index (κ1) is 11.9. The van der Waals surface area contributed by atoms with Crippen molar-refractivity contribution in [3.63, 3.8) is 0 Å². The molecule has 8 aliphatic rings. The highest BCUT2D eigenvalue weighted by Crippen LogP contribution is 2.62. The van der Waals surface area contributed by atoms with Crippen molar-refractivity contribution in [2.24, 2.45) is 47.3 Å². The summed E-state index contributed by atoms with van der Waals surface area (Å²) in [7, 11) is 0. The maximum Gasteiger partial charge on any atom is 0.143 e. The van der Waals surface area contributed by atoms with Crippen molar-refractivity contribution in [1.29, 1.82) is 0 Å². The highest BCUT2D eigenvalue weighted by molar-refractivity contribution is 5.89. The number of carbonyl (C=O) groups is 1. The average Bonchev–Trinajstić information content (AvgIpc) is 2.45. The lowest BCUT2D eigenvalue weighted by Gasteiger charge is -2.57. The summed E-state index contributed by atoms with van der Waals surface area (Å²) in [6.07, 6.45) is 12.6. The van der Waals surface area contributed by atoms with Crippen LogP contribution in [0.3, 0.4) is 0 Å². The summed E-state index contributed by atoms with van der Waals surface area (Å²) in [6, 6.07) is 0. The predicted molar refractivity (Wildman–Crippen MR) is 81.5 cm³/mol. The van der Waals surface area contributed by atoms with E-state index in [4.69, 9.17) is 0 Å². The summed E-state index contributed by atoms with van der Waals surface area (Å²) >= 11 is 0. The Morgan fingerprint density at radius 1 is 0.524 bits per heavy atom. The first-order chi connectivity index (χ1) is 10.3. The van der Waals surface area contributed by atoms with E-state index in [9.17, 15) is 4.79 Å². The van der Waals surface area contributed by atoms with Gasteiger partial charge in [0.25, 0.3) is 0 Å². The zero-order valence-corrected chi connectivity index (χ0v) is 12.9. The summed E-state index contributed by atoms with van der Waals surface area (Å²) in [5, 5.41) is 0. The molecule has 112 valence electrons. The fraction of sp³-hybridized carbons (Fsp3) is 0.850. The number of hydrogen-bond acceptors (Lipinski definition) is 1. The third-order valence-electron chi connectivity index (χ3n) is 8.29. The lowest BCUT2D eigenvalue weighted by Crippen LogP contribution is -2.50. The molecule has 8 fully saturated rings. The molecule has 0 amide bonds. The van der Waals surface area contributed by atoms with Gasteiger partial charge in [-0.05, 0) is 93.3 Å². The molecule has 1 nitrogen and oxygen atoms in total. The molecule has 0 saturated heterocycles. The monoisotopic (exact) mass is 282 g/mol. The maximum atomic E-state index is 12.8. The van der Waals surface area contributed by atoms with E-state index in [0.717, 1.165) is 35.5 Å². The van der Waals surface area contributed by atoms with Crippen LogP contribution in [0.2, 0.25) is 0 Å². The van der Waals surface area contributed by atoms with Gasteiger partial charge in [-0.1, -0.05) is 11.1 Å². The largest absolute Gasteiger partial charge is 0.299 e. The van der Waals surface area contributed by atoms with Gasteiger partial charge in [0.1, 0.15) is 5.78 Å². The molecule has 1 heteroatoms. The van der Waals surface area contributed by atoms with E-state index in [1.807, 2.05) is 5.57 Å². The second kappa shape index (κ2) is 3.84. The normalized spacial score (nSPS) is 56.7. The van der Waals surface area contributed by atoms with E-state index < -0.39 is 0 Å². The van der Waals surface area contributed by atoms with Crippen molar-refractivity contribution >= 4 is 5.78 Å². The lowest BCUT2D eigenvalue weighted by molar-refractivity contribution is -0.135. The Labute approximate surface area is 127 Å². The van der Waals surface area contributed by atoms with Gasteiger partial charge >= 0.3 is 0 Å². The molecule has 0 aromatic carbocycles. The zero-order valence-electron chi connectivity index (χ0n) is 12.9. The summed E-state index contributed by atoms with van der Waals surface area (Å²) in [4.78, 5) is 12.8.